The Bertz CT molecular complexity index is 206. The van der Waals surface area contributed by atoms with Gasteiger partial charge in [0, 0.05) is 20.2 Å². The molecule has 3 heteroatoms. The zero-order valence-electron chi connectivity index (χ0n) is 10.2. The molecule has 0 bridgehead atoms. The van der Waals surface area contributed by atoms with Crippen molar-refractivity contribution >= 4 is 5.91 Å². The Morgan fingerprint density at radius 3 is 2.80 bits per heavy atom. The van der Waals surface area contributed by atoms with Crippen LogP contribution in [0.5, 0.6) is 0 Å². The molecular weight excluding hydrogens is 190 g/mol. The molecule has 1 saturated heterocycles. The van der Waals surface area contributed by atoms with E-state index in [1.54, 1.807) is 7.11 Å². The maximum Gasteiger partial charge on any atom is 0.251 e. The predicted molar refractivity (Wildman–Crippen MR) is 60.7 cm³/mol. The Labute approximate surface area is 92.8 Å². The average Bonchev–Trinajstić information content (AvgIpc) is 2.51. The Morgan fingerprint density at radius 2 is 2.20 bits per heavy atom. The van der Waals surface area contributed by atoms with E-state index in [1.807, 2.05) is 11.8 Å². The molecule has 2 atom stereocenters. The topological polar surface area (TPSA) is 29.5 Å². The second-order valence-corrected chi connectivity index (χ2v) is 4.41. The average molecular weight is 213 g/mol. The van der Waals surface area contributed by atoms with Crippen LogP contribution in [0.25, 0.3) is 0 Å². The summed E-state index contributed by atoms with van der Waals surface area (Å²) < 4.78 is 5.07. The zero-order valence-corrected chi connectivity index (χ0v) is 10.2. The van der Waals surface area contributed by atoms with Crippen LogP contribution in [0.1, 0.15) is 39.5 Å². The van der Waals surface area contributed by atoms with Gasteiger partial charge in [0.15, 0.2) is 0 Å². The molecule has 1 fully saturated rings. The predicted octanol–water partition coefficient (Wildman–Crippen LogP) is 2.06. The van der Waals surface area contributed by atoms with Crippen molar-refractivity contribution in [2.45, 2.75) is 45.6 Å². The molecule has 0 aliphatic carbocycles. The SMILES string of the molecule is CCC1CCCN(C(=O)C(C)OC)CC1. The number of amides is 1. The fourth-order valence-electron chi connectivity index (χ4n) is 2.15. The Kier molecular flexibility index (Phi) is 5.09. The molecule has 0 aromatic heterocycles. The normalized spacial score (nSPS) is 24.7. The lowest BCUT2D eigenvalue weighted by atomic mass is 9.98. The van der Waals surface area contributed by atoms with Crippen molar-refractivity contribution in [3.05, 3.63) is 0 Å². The fourth-order valence-corrected chi connectivity index (χ4v) is 2.15. The maximum atomic E-state index is 11.9. The van der Waals surface area contributed by atoms with Crippen LogP contribution < -0.4 is 0 Å². The number of ether oxygens (including phenoxy) is 1. The minimum atomic E-state index is -0.289. The van der Waals surface area contributed by atoms with Crippen molar-refractivity contribution in [3.8, 4) is 0 Å². The van der Waals surface area contributed by atoms with Crippen molar-refractivity contribution in [2.75, 3.05) is 20.2 Å². The Balaban J connectivity index is 2.46. The molecular formula is C12H23NO2. The highest BCUT2D eigenvalue weighted by atomic mass is 16.5. The number of methoxy groups -OCH3 is 1. The Morgan fingerprint density at radius 1 is 1.47 bits per heavy atom. The number of carbonyl (C=O) groups excluding carboxylic acids is 1. The summed E-state index contributed by atoms with van der Waals surface area (Å²) in [5.41, 5.74) is 0. The summed E-state index contributed by atoms with van der Waals surface area (Å²) in [5.74, 6) is 0.954. The van der Waals surface area contributed by atoms with Gasteiger partial charge in [0.2, 0.25) is 0 Å². The van der Waals surface area contributed by atoms with Crippen molar-refractivity contribution < 1.29 is 9.53 Å². The lowest BCUT2D eigenvalue weighted by molar-refractivity contribution is -0.140. The lowest BCUT2D eigenvalue weighted by Gasteiger charge is -2.23. The molecule has 0 aromatic rings. The first-order valence-corrected chi connectivity index (χ1v) is 6.00. The number of nitrogens with zero attached hydrogens (tertiary/aromatic N) is 1. The van der Waals surface area contributed by atoms with Gasteiger partial charge in [0.05, 0.1) is 0 Å². The van der Waals surface area contributed by atoms with Crippen LogP contribution in [0.2, 0.25) is 0 Å². The van der Waals surface area contributed by atoms with Crippen LogP contribution in [-0.4, -0.2) is 37.1 Å². The molecule has 0 saturated carbocycles. The molecule has 1 aliphatic heterocycles. The number of likely N-dealkylation sites (tertiary alicyclic amines) is 1. The molecule has 1 aliphatic rings. The first kappa shape index (κ1) is 12.5. The van der Waals surface area contributed by atoms with E-state index < -0.39 is 0 Å². The van der Waals surface area contributed by atoms with Gasteiger partial charge < -0.3 is 9.64 Å². The summed E-state index contributed by atoms with van der Waals surface area (Å²) in [7, 11) is 1.59. The van der Waals surface area contributed by atoms with Gasteiger partial charge in [-0.05, 0) is 32.1 Å². The van der Waals surface area contributed by atoms with Gasteiger partial charge in [-0.1, -0.05) is 13.3 Å². The van der Waals surface area contributed by atoms with E-state index in [-0.39, 0.29) is 12.0 Å². The highest BCUT2D eigenvalue weighted by molar-refractivity contribution is 5.80. The van der Waals surface area contributed by atoms with E-state index in [0.717, 1.165) is 31.8 Å². The fraction of sp³-hybridized carbons (Fsp3) is 0.917. The van der Waals surface area contributed by atoms with Crippen molar-refractivity contribution in [2.24, 2.45) is 5.92 Å². The van der Waals surface area contributed by atoms with Crippen LogP contribution in [0.3, 0.4) is 0 Å². The van der Waals surface area contributed by atoms with Gasteiger partial charge in [-0.25, -0.2) is 0 Å². The minimum absolute atomic E-state index is 0.147. The second-order valence-electron chi connectivity index (χ2n) is 4.41. The quantitative estimate of drug-likeness (QED) is 0.718. The summed E-state index contributed by atoms with van der Waals surface area (Å²) >= 11 is 0. The summed E-state index contributed by atoms with van der Waals surface area (Å²) in [6.07, 6.45) is 4.51. The number of hydrogen-bond donors (Lipinski definition) is 0. The molecule has 0 spiro atoms. The van der Waals surface area contributed by atoms with Gasteiger partial charge in [-0.15, -0.1) is 0 Å². The monoisotopic (exact) mass is 213 g/mol. The van der Waals surface area contributed by atoms with Gasteiger partial charge in [0.25, 0.3) is 5.91 Å². The summed E-state index contributed by atoms with van der Waals surface area (Å²) in [6.45, 7) is 5.87. The van der Waals surface area contributed by atoms with Gasteiger partial charge >= 0.3 is 0 Å². The first-order valence-electron chi connectivity index (χ1n) is 6.00. The van der Waals surface area contributed by atoms with E-state index in [9.17, 15) is 4.79 Å². The molecule has 88 valence electrons. The third-order valence-electron chi connectivity index (χ3n) is 3.44. The van der Waals surface area contributed by atoms with Crippen LogP contribution in [0.4, 0.5) is 0 Å². The van der Waals surface area contributed by atoms with Crippen molar-refractivity contribution in [3.63, 3.8) is 0 Å². The van der Waals surface area contributed by atoms with Gasteiger partial charge in [0.1, 0.15) is 6.10 Å². The van der Waals surface area contributed by atoms with Gasteiger partial charge in [-0.2, -0.15) is 0 Å². The largest absolute Gasteiger partial charge is 0.372 e. The van der Waals surface area contributed by atoms with E-state index in [1.165, 1.54) is 12.8 Å². The molecule has 1 amide bonds. The number of carbonyl (C=O) groups is 1. The molecule has 1 heterocycles. The molecule has 0 aromatic carbocycles. The molecule has 3 nitrogen and oxygen atoms in total. The Hall–Kier alpha value is -0.570. The maximum absolute atomic E-state index is 11.9. The van der Waals surface area contributed by atoms with Crippen molar-refractivity contribution in [1.29, 1.82) is 0 Å². The van der Waals surface area contributed by atoms with Crippen molar-refractivity contribution in [1.82, 2.24) is 4.90 Å². The third kappa shape index (κ3) is 3.49. The van der Waals surface area contributed by atoms with Crippen LogP contribution in [-0.2, 0) is 9.53 Å². The first-order chi connectivity index (χ1) is 7.19. The van der Waals surface area contributed by atoms with E-state index in [0.29, 0.717) is 0 Å². The lowest BCUT2D eigenvalue weighted by Crippen LogP contribution is -2.39. The minimum Gasteiger partial charge on any atom is -0.372 e. The van der Waals surface area contributed by atoms with Gasteiger partial charge in [-0.3, -0.25) is 4.79 Å². The third-order valence-corrected chi connectivity index (χ3v) is 3.44. The van der Waals surface area contributed by atoms with E-state index >= 15 is 0 Å². The smallest absolute Gasteiger partial charge is 0.251 e. The summed E-state index contributed by atoms with van der Waals surface area (Å²) in [6, 6.07) is 0. The summed E-state index contributed by atoms with van der Waals surface area (Å²) in [5, 5.41) is 0. The molecule has 0 N–H and O–H groups in total. The zero-order chi connectivity index (χ0) is 11.3. The van der Waals surface area contributed by atoms with Crippen LogP contribution in [0.15, 0.2) is 0 Å². The molecule has 0 radical (unpaired) electrons. The summed E-state index contributed by atoms with van der Waals surface area (Å²) in [4.78, 5) is 13.8. The standard InChI is InChI=1S/C12H23NO2/c1-4-11-6-5-8-13(9-7-11)12(14)10(2)15-3/h10-11H,4-9H2,1-3H3. The van der Waals surface area contributed by atoms with Crippen LogP contribution in [0, 0.1) is 5.92 Å². The second kappa shape index (κ2) is 6.11. The molecule has 2 unspecified atom stereocenters. The molecule has 15 heavy (non-hydrogen) atoms. The van der Waals surface area contributed by atoms with E-state index in [4.69, 9.17) is 4.74 Å². The number of rotatable bonds is 3. The highest BCUT2D eigenvalue weighted by Gasteiger charge is 2.23. The van der Waals surface area contributed by atoms with Crippen LogP contribution >= 0.6 is 0 Å². The molecule has 1 rings (SSSR count). The van der Waals surface area contributed by atoms with E-state index in [2.05, 4.69) is 6.92 Å². The highest BCUT2D eigenvalue weighted by Crippen LogP contribution is 2.20. The number of hydrogen-bond acceptors (Lipinski definition) is 2.